The monoisotopic (exact) mass is 196 g/mol. The molecule has 0 aromatic heterocycles. The summed E-state index contributed by atoms with van der Waals surface area (Å²) in [6.07, 6.45) is 3.72. The lowest BCUT2D eigenvalue weighted by molar-refractivity contribution is 0.0275. The molecule has 3 nitrogen and oxygen atoms in total. The van der Waals surface area contributed by atoms with E-state index < -0.39 is 5.54 Å². The van der Waals surface area contributed by atoms with Gasteiger partial charge in [0.05, 0.1) is 12.7 Å². The van der Waals surface area contributed by atoms with E-state index in [1.807, 2.05) is 13.8 Å². The Labute approximate surface area is 86.6 Å². The van der Waals surface area contributed by atoms with E-state index >= 15 is 0 Å². The molecule has 0 spiro atoms. The van der Waals surface area contributed by atoms with Crippen molar-refractivity contribution in [3.05, 3.63) is 0 Å². The van der Waals surface area contributed by atoms with E-state index in [1.165, 1.54) is 19.3 Å². The van der Waals surface area contributed by atoms with Crippen molar-refractivity contribution in [1.82, 2.24) is 4.90 Å². The standard InChI is InChI=1S/C11H20N2O/c1-3-14-10-11(2,9-12)13-7-5-4-6-8-13/h3-8,10H2,1-2H3. The molecule has 0 aromatic carbocycles. The first-order chi connectivity index (χ1) is 6.73. The highest BCUT2D eigenvalue weighted by molar-refractivity contribution is 5.06. The van der Waals surface area contributed by atoms with Gasteiger partial charge in [0.2, 0.25) is 0 Å². The minimum Gasteiger partial charge on any atom is -0.379 e. The zero-order valence-electron chi connectivity index (χ0n) is 9.25. The smallest absolute Gasteiger partial charge is 0.129 e. The number of ether oxygens (including phenoxy) is 1. The fourth-order valence-electron chi connectivity index (χ4n) is 1.88. The van der Waals surface area contributed by atoms with Crippen LogP contribution in [-0.2, 0) is 4.74 Å². The molecule has 1 saturated heterocycles. The second-order valence-corrected chi connectivity index (χ2v) is 4.07. The van der Waals surface area contributed by atoms with Gasteiger partial charge < -0.3 is 4.74 Å². The van der Waals surface area contributed by atoms with Crippen LogP contribution in [0.2, 0.25) is 0 Å². The van der Waals surface area contributed by atoms with Gasteiger partial charge >= 0.3 is 0 Å². The molecular formula is C11H20N2O. The van der Waals surface area contributed by atoms with Gasteiger partial charge in [0.1, 0.15) is 5.54 Å². The van der Waals surface area contributed by atoms with Crippen molar-refractivity contribution < 1.29 is 4.74 Å². The average Bonchev–Trinajstić information content (AvgIpc) is 2.27. The maximum atomic E-state index is 9.19. The molecule has 1 heterocycles. The van der Waals surface area contributed by atoms with Gasteiger partial charge in [-0.25, -0.2) is 0 Å². The summed E-state index contributed by atoms with van der Waals surface area (Å²) >= 11 is 0. The molecule has 0 amide bonds. The quantitative estimate of drug-likeness (QED) is 0.687. The average molecular weight is 196 g/mol. The Kier molecular flexibility index (Phi) is 4.37. The minimum absolute atomic E-state index is 0.420. The summed E-state index contributed by atoms with van der Waals surface area (Å²) in [4.78, 5) is 2.26. The molecule has 1 aliphatic heterocycles. The van der Waals surface area contributed by atoms with Crippen molar-refractivity contribution >= 4 is 0 Å². The highest BCUT2D eigenvalue weighted by Gasteiger charge is 2.32. The SMILES string of the molecule is CCOCC(C)(C#N)N1CCCCC1. The first-order valence-corrected chi connectivity index (χ1v) is 5.47. The van der Waals surface area contributed by atoms with Crippen LogP contribution in [-0.4, -0.2) is 36.7 Å². The molecule has 0 radical (unpaired) electrons. The number of hydrogen-bond acceptors (Lipinski definition) is 3. The van der Waals surface area contributed by atoms with Crippen molar-refractivity contribution in [3.8, 4) is 6.07 Å². The molecule has 0 aliphatic carbocycles. The molecular weight excluding hydrogens is 176 g/mol. The molecule has 1 aliphatic rings. The predicted molar refractivity (Wildman–Crippen MR) is 55.9 cm³/mol. The van der Waals surface area contributed by atoms with Gasteiger partial charge in [-0.1, -0.05) is 6.42 Å². The molecule has 0 bridgehead atoms. The van der Waals surface area contributed by atoms with Gasteiger partial charge in [-0.05, 0) is 39.8 Å². The lowest BCUT2D eigenvalue weighted by Gasteiger charge is -2.38. The molecule has 80 valence electrons. The summed E-state index contributed by atoms with van der Waals surface area (Å²) in [5.74, 6) is 0. The van der Waals surface area contributed by atoms with Crippen molar-refractivity contribution in [3.63, 3.8) is 0 Å². The van der Waals surface area contributed by atoms with E-state index in [9.17, 15) is 5.26 Å². The summed E-state index contributed by atoms with van der Waals surface area (Å²) in [6, 6.07) is 2.38. The van der Waals surface area contributed by atoms with E-state index in [1.54, 1.807) is 0 Å². The summed E-state index contributed by atoms with van der Waals surface area (Å²) in [7, 11) is 0. The van der Waals surface area contributed by atoms with Gasteiger partial charge in [0, 0.05) is 6.61 Å². The lowest BCUT2D eigenvalue weighted by Crippen LogP contribution is -2.51. The molecule has 0 aromatic rings. The summed E-state index contributed by atoms with van der Waals surface area (Å²) in [5.41, 5.74) is -0.420. The Hall–Kier alpha value is -0.590. The highest BCUT2D eigenvalue weighted by atomic mass is 16.5. The molecule has 0 N–H and O–H groups in total. The summed E-state index contributed by atoms with van der Waals surface area (Å²) in [6.45, 7) is 7.24. The molecule has 3 heteroatoms. The van der Waals surface area contributed by atoms with Crippen LogP contribution in [0, 0.1) is 11.3 Å². The number of nitrogens with zero attached hydrogens (tertiary/aromatic N) is 2. The van der Waals surface area contributed by atoms with Crippen LogP contribution < -0.4 is 0 Å². The third-order valence-corrected chi connectivity index (χ3v) is 2.88. The van der Waals surface area contributed by atoms with Gasteiger partial charge in [0.15, 0.2) is 0 Å². The van der Waals surface area contributed by atoms with E-state index in [0.717, 1.165) is 13.1 Å². The molecule has 1 unspecified atom stereocenters. The minimum atomic E-state index is -0.420. The molecule has 1 rings (SSSR count). The fraction of sp³-hybridized carbons (Fsp3) is 0.909. The van der Waals surface area contributed by atoms with Gasteiger partial charge in [0.25, 0.3) is 0 Å². The first kappa shape index (κ1) is 11.5. The van der Waals surface area contributed by atoms with Crippen molar-refractivity contribution in [1.29, 1.82) is 5.26 Å². The van der Waals surface area contributed by atoms with Crippen LogP contribution in [0.1, 0.15) is 33.1 Å². The van der Waals surface area contributed by atoms with Crippen LogP contribution in [0.15, 0.2) is 0 Å². The van der Waals surface area contributed by atoms with E-state index in [4.69, 9.17) is 4.74 Å². The Morgan fingerprint density at radius 1 is 1.36 bits per heavy atom. The van der Waals surface area contributed by atoms with Crippen LogP contribution in [0.3, 0.4) is 0 Å². The molecule has 1 fully saturated rings. The Bertz CT molecular complexity index is 206. The second-order valence-electron chi connectivity index (χ2n) is 4.07. The second kappa shape index (κ2) is 5.33. The third-order valence-electron chi connectivity index (χ3n) is 2.88. The van der Waals surface area contributed by atoms with E-state index in [0.29, 0.717) is 13.2 Å². The van der Waals surface area contributed by atoms with Gasteiger partial charge in [-0.3, -0.25) is 4.90 Å². The number of piperidine rings is 1. The number of nitriles is 1. The Balaban J connectivity index is 2.53. The zero-order chi connectivity index (χ0) is 10.4. The largest absolute Gasteiger partial charge is 0.379 e. The van der Waals surface area contributed by atoms with Gasteiger partial charge in [-0.15, -0.1) is 0 Å². The first-order valence-electron chi connectivity index (χ1n) is 5.47. The highest BCUT2D eigenvalue weighted by Crippen LogP contribution is 2.20. The van der Waals surface area contributed by atoms with Crippen LogP contribution in [0.4, 0.5) is 0 Å². The van der Waals surface area contributed by atoms with Crippen LogP contribution in [0.25, 0.3) is 0 Å². The maximum Gasteiger partial charge on any atom is 0.129 e. The number of hydrogen-bond donors (Lipinski definition) is 0. The molecule has 0 saturated carbocycles. The van der Waals surface area contributed by atoms with Gasteiger partial charge in [-0.2, -0.15) is 5.26 Å². The fourth-order valence-corrected chi connectivity index (χ4v) is 1.88. The number of likely N-dealkylation sites (tertiary alicyclic amines) is 1. The van der Waals surface area contributed by atoms with Crippen molar-refractivity contribution in [2.75, 3.05) is 26.3 Å². The van der Waals surface area contributed by atoms with Crippen LogP contribution >= 0.6 is 0 Å². The zero-order valence-corrected chi connectivity index (χ0v) is 9.25. The molecule has 14 heavy (non-hydrogen) atoms. The Morgan fingerprint density at radius 2 is 2.00 bits per heavy atom. The normalized spacial score (nSPS) is 22.6. The maximum absolute atomic E-state index is 9.19. The van der Waals surface area contributed by atoms with Crippen molar-refractivity contribution in [2.45, 2.75) is 38.6 Å². The topological polar surface area (TPSA) is 36.3 Å². The predicted octanol–water partition coefficient (Wildman–Crippen LogP) is 1.79. The summed E-state index contributed by atoms with van der Waals surface area (Å²) < 4.78 is 5.38. The third kappa shape index (κ3) is 2.70. The lowest BCUT2D eigenvalue weighted by atomic mass is 9.99. The summed E-state index contributed by atoms with van der Waals surface area (Å²) in [5, 5.41) is 9.19. The van der Waals surface area contributed by atoms with Crippen LogP contribution in [0.5, 0.6) is 0 Å². The number of rotatable bonds is 4. The Morgan fingerprint density at radius 3 is 2.50 bits per heavy atom. The molecule has 1 atom stereocenters. The van der Waals surface area contributed by atoms with E-state index in [-0.39, 0.29) is 0 Å². The van der Waals surface area contributed by atoms with E-state index in [2.05, 4.69) is 11.0 Å². The van der Waals surface area contributed by atoms with Crippen molar-refractivity contribution in [2.24, 2.45) is 0 Å².